The van der Waals surface area contributed by atoms with Crippen molar-refractivity contribution >= 4 is 27.3 Å². The van der Waals surface area contributed by atoms with Crippen LogP contribution in [-0.4, -0.2) is 13.1 Å². The fraction of sp³-hybridized carbons (Fsp3) is 0.778. The van der Waals surface area contributed by atoms with E-state index in [1.165, 1.54) is 61.7 Å². The highest BCUT2D eigenvalue weighted by atomic mass is 79.9. The van der Waals surface area contributed by atoms with Crippen LogP contribution in [0, 0.1) is 11.3 Å². The molecular weight excluding hydrogens is 342 g/mol. The molecule has 1 nitrogen and oxygen atoms in total. The molecule has 1 heterocycles. The molecule has 21 heavy (non-hydrogen) atoms. The van der Waals surface area contributed by atoms with Crippen LogP contribution in [0.4, 0.5) is 0 Å². The zero-order valence-electron chi connectivity index (χ0n) is 13.6. The third-order valence-corrected chi connectivity index (χ3v) is 6.68. The van der Waals surface area contributed by atoms with Crippen LogP contribution >= 0.6 is 27.3 Å². The summed E-state index contributed by atoms with van der Waals surface area (Å²) in [6.07, 6.45) is 11.2. The maximum absolute atomic E-state index is 3.64. The van der Waals surface area contributed by atoms with E-state index in [1.54, 1.807) is 4.88 Å². The molecule has 0 bridgehead atoms. The van der Waals surface area contributed by atoms with Crippen molar-refractivity contribution in [3.8, 4) is 0 Å². The van der Waals surface area contributed by atoms with Gasteiger partial charge in [-0.2, -0.15) is 0 Å². The average Bonchev–Trinajstić information content (AvgIpc) is 2.89. The largest absolute Gasteiger partial charge is 0.316 e. The Hall–Kier alpha value is 0.140. The van der Waals surface area contributed by atoms with E-state index >= 15 is 0 Å². The first-order valence-electron chi connectivity index (χ1n) is 8.62. The van der Waals surface area contributed by atoms with Crippen LogP contribution in [0.5, 0.6) is 0 Å². The van der Waals surface area contributed by atoms with E-state index in [9.17, 15) is 0 Å². The molecule has 1 saturated carbocycles. The summed E-state index contributed by atoms with van der Waals surface area (Å²) in [4.78, 5) is 1.55. The van der Waals surface area contributed by atoms with E-state index < -0.39 is 0 Å². The Morgan fingerprint density at radius 2 is 2.05 bits per heavy atom. The van der Waals surface area contributed by atoms with Crippen LogP contribution in [0.1, 0.15) is 63.7 Å². The first-order valence-corrected chi connectivity index (χ1v) is 10.2. The Balaban J connectivity index is 1.95. The molecule has 1 aromatic rings. The fourth-order valence-corrected chi connectivity index (χ4v) is 5.35. The normalized spacial score (nSPS) is 26.1. The van der Waals surface area contributed by atoms with Crippen molar-refractivity contribution in [3.63, 3.8) is 0 Å². The summed E-state index contributed by atoms with van der Waals surface area (Å²) in [5, 5.41) is 3.64. The SMILES string of the molecule is CCCCC1CCC(CNCC)(Cc2ccc(Br)s2)CC1. The first kappa shape index (κ1) is 17.5. The monoisotopic (exact) mass is 371 g/mol. The Labute approximate surface area is 143 Å². The van der Waals surface area contributed by atoms with Crippen LogP contribution in [0.3, 0.4) is 0 Å². The van der Waals surface area contributed by atoms with Gasteiger partial charge in [-0.3, -0.25) is 0 Å². The predicted molar refractivity (Wildman–Crippen MR) is 98.2 cm³/mol. The van der Waals surface area contributed by atoms with Gasteiger partial charge in [-0.1, -0.05) is 33.1 Å². The number of unbranched alkanes of at least 4 members (excludes halogenated alkanes) is 1. The maximum atomic E-state index is 3.64. The first-order chi connectivity index (χ1) is 10.2. The van der Waals surface area contributed by atoms with Crippen molar-refractivity contribution in [3.05, 3.63) is 20.8 Å². The molecule has 0 atom stereocenters. The molecule has 2 rings (SSSR count). The minimum Gasteiger partial charge on any atom is -0.316 e. The van der Waals surface area contributed by atoms with Gasteiger partial charge in [0.15, 0.2) is 0 Å². The summed E-state index contributed by atoms with van der Waals surface area (Å²) in [7, 11) is 0. The Kier molecular flexibility index (Phi) is 7.24. The Morgan fingerprint density at radius 3 is 2.62 bits per heavy atom. The highest BCUT2D eigenvalue weighted by molar-refractivity contribution is 9.11. The lowest BCUT2D eigenvalue weighted by molar-refractivity contribution is 0.140. The Bertz CT molecular complexity index is 407. The van der Waals surface area contributed by atoms with E-state index in [4.69, 9.17) is 0 Å². The van der Waals surface area contributed by atoms with Crippen molar-refractivity contribution in [2.24, 2.45) is 11.3 Å². The van der Waals surface area contributed by atoms with Crippen LogP contribution < -0.4 is 5.32 Å². The van der Waals surface area contributed by atoms with Gasteiger partial charge in [-0.25, -0.2) is 0 Å². The van der Waals surface area contributed by atoms with Gasteiger partial charge in [0, 0.05) is 11.4 Å². The highest BCUT2D eigenvalue weighted by Gasteiger charge is 2.35. The molecule has 0 unspecified atom stereocenters. The summed E-state index contributed by atoms with van der Waals surface area (Å²) in [6, 6.07) is 4.51. The standard InChI is InChI=1S/C18H30BrNS/c1-3-5-6-15-9-11-18(12-10-15,14-20-4-2)13-16-7-8-17(19)21-16/h7-8,15,20H,3-6,9-14H2,1-2H3. The molecule has 1 aromatic heterocycles. The molecule has 120 valence electrons. The quantitative estimate of drug-likeness (QED) is 0.587. The molecule has 0 aromatic carbocycles. The molecule has 1 fully saturated rings. The number of hydrogen-bond acceptors (Lipinski definition) is 2. The molecule has 0 spiro atoms. The summed E-state index contributed by atoms with van der Waals surface area (Å²) in [5.74, 6) is 0.995. The van der Waals surface area contributed by atoms with Crippen LogP contribution in [-0.2, 0) is 6.42 Å². The van der Waals surface area contributed by atoms with Gasteiger partial charge in [0.25, 0.3) is 0 Å². The zero-order chi connectivity index (χ0) is 15.1. The van der Waals surface area contributed by atoms with Crippen molar-refractivity contribution in [2.45, 2.75) is 65.2 Å². The summed E-state index contributed by atoms with van der Waals surface area (Å²) >= 11 is 5.53. The topological polar surface area (TPSA) is 12.0 Å². The van der Waals surface area contributed by atoms with Gasteiger partial charge < -0.3 is 5.32 Å². The number of halogens is 1. The summed E-state index contributed by atoms with van der Waals surface area (Å²) in [6.45, 7) is 6.82. The number of hydrogen-bond donors (Lipinski definition) is 1. The van der Waals surface area contributed by atoms with Gasteiger partial charge in [-0.15, -0.1) is 11.3 Å². The third kappa shape index (κ3) is 5.37. The summed E-state index contributed by atoms with van der Waals surface area (Å²) < 4.78 is 1.27. The van der Waals surface area contributed by atoms with Crippen LogP contribution in [0.15, 0.2) is 15.9 Å². The van der Waals surface area contributed by atoms with E-state index in [2.05, 4.69) is 47.2 Å². The molecule has 1 aliphatic carbocycles. The minimum atomic E-state index is 0.503. The predicted octanol–water partition coefficient (Wildman–Crippen LogP) is 6.03. The fourth-order valence-electron chi connectivity index (χ4n) is 3.69. The number of rotatable bonds is 8. The van der Waals surface area contributed by atoms with Gasteiger partial charge in [0.05, 0.1) is 3.79 Å². The lowest BCUT2D eigenvalue weighted by Gasteiger charge is -2.40. The highest BCUT2D eigenvalue weighted by Crippen LogP contribution is 2.43. The van der Waals surface area contributed by atoms with E-state index in [0.29, 0.717) is 5.41 Å². The van der Waals surface area contributed by atoms with E-state index in [-0.39, 0.29) is 0 Å². The number of nitrogens with one attached hydrogen (secondary N) is 1. The van der Waals surface area contributed by atoms with E-state index in [1.807, 2.05) is 11.3 Å². The second-order valence-electron chi connectivity index (χ2n) is 6.75. The molecular formula is C18H30BrNS. The smallest absolute Gasteiger partial charge is 0.0701 e. The maximum Gasteiger partial charge on any atom is 0.0701 e. The second-order valence-corrected chi connectivity index (χ2v) is 9.30. The van der Waals surface area contributed by atoms with Crippen molar-refractivity contribution in [1.82, 2.24) is 5.32 Å². The molecule has 0 amide bonds. The van der Waals surface area contributed by atoms with Crippen LogP contribution in [0.2, 0.25) is 0 Å². The average molecular weight is 372 g/mol. The van der Waals surface area contributed by atoms with Gasteiger partial charge in [0.2, 0.25) is 0 Å². The second kappa shape index (κ2) is 8.69. The van der Waals surface area contributed by atoms with Gasteiger partial charge >= 0.3 is 0 Å². The van der Waals surface area contributed by atoms with Crippen molar-refractivity contribution in [1.29, 1.82) is 0 Å². The Morgan fingerprint density at radius 1 is 1.29 bits per heavy atom. The minimum absolute atomic E-state index is 0.503. The van der Waals surface area contributed by atoms with Gasteiger partial charge in [-0.05, 0) is 78.0 Å². The van der Waals surface area contributed by atoms with Crippen LogP contribution in [0.25, 0.3) is 0 Å². The third-order valence-electron chi connectivity index (χ3n) is 5.06. The molecule has 0 saturated heterocycles. The lowest BCUT2D eigenvalue weighted by Crippen LogP contribution is -2.39. The zero-order valence-corrected chi connectivity index (χ0v) is 16.0. The lowest BCUT2D eigenvalue weighted by atomic mass is 9.67. The van der Waals surface area contributed by atoms with E-state index in [0.717, 1.165) is 12.5 Å². The number of thiophene rings is 1. The summed E-state index contributed by atoms with van der Waals surface area (Å²) in [5.41, 5.74) is 0.503. The van der Waals surface area contributed by atoms with Crippen molar-refractivity contribution in [2.75, 3.05) is 13.1 Å². The van der Waals surface area contributed by atoms with Crippen molar-refractivity contribution < 1.29 is 0 Å². The molecule has 1 N–H and O–H groups in total. The molecule has 0 aliphatic heterocycles. The molecule has 3 heteroatoms. The molecule has 1 aliphatic rings. The molecule has 0 radical (unpaired) electrons. The van der Waals surface area contributed by atoms with Gasteiger partial charge in [0.1, 0.15) is 0 Å².